The molecule has 2 aliphatic rings. The van der Waals surface area contributed by atoms with Gasteiger partial charge in [0.15, 0.2) is 0 Å². The molecule has 0 aromatic heterocycles. The van der Waals surface area contributed by atoms with Crippen LogP contribution in [-0.2, 0) is 26.8 Å². The van der Waals surface area contributed by atoms with Gasteiger partial charge in [0.2, 0.25) is 15.9 Å². The topological polar surface area (TPSA) is 66.5 Å². The van der Waals surface area contributed by atoms with Gasteiger partial charge in [0.1, 0.15) is 0 Å². The lowest BCUT2D eigenvalue weighted by atomic mass is 10.1. The number of fused-ring (bicyclic) bond motifs is 1. The lowest BCUT2D eigenvalue weighted by Crippen LogP contribution is -2.35. The summed E-state index contributed by atoms with van der Waals surface area (Å²) in [5, 5.41) is 0. The van der Waals surface area contributed by atoms with Crippen molar-refractivity contribution in [3.63, 3.8) is 0 Å². The summed E-state index contributed by atoms with van der Waals surface area (Å²) in [5.41, 5.74) is 2.17. The van der Waals surface area contributed by atoms with Crippen LogP contribution in [-0.4, -0.2) is 20.4 Å². The molecule has 1 aliphatic carbocycles. The van der Waals surface area contributed by atoms with Gasteiger partial charge in [0, 0.05) is 23.1 Å². The number of hydrogen-bond acceptors (Lipinski definition) is 3. The lowest BCUT2D eigenvalue weighted by molar-refractivity contribution is -0.116. The summed E-state index contributed by atoms with van der Waals surface area (Å²) in [6, 6.07) is 12.8. The average Bonchev–Trinajstić information content (AvgIpc) is 3.27. The van der Waals surface area contributed by atoms with Crippen LogP contribution in [0, 0.1) is 0 Å². The second-order valence-electron chi connectivity index (χ2n) is 7.43. The SMILES string of the molecule is CC(=O)N1c2ccc(S(=O)(=O)NC3(c4ccc(Br)cc4)CC3)cc2CC1C. The summed E-state index contributed by atoms with van der Waals surface area (Å²) in [7, 11) is -3.66. The molecule has 0 bridgehead atoms. The van der Waals surface area contributed by atoms with Crippen molar-refractivity contribution in [3.8, 4) is 0 Å². The minimum atomic E-state index is -3.66. The molecule has 4 rings (SSSR count). The Morgan fingerprint density at radius 1 is 1.19 bits per heavy atom. The van der Waals surface area contributed by atoms with Gasteiger partial charge in [-0.3, -0.25) is 4.79 Å². The largest absolute Gasteiger partial charge is 0.309 e. The molecule has 142 valence electrons. The molecule has 1 amide bonds. The maximum absolute atomic E-state index is 13.0. The first-order valence-electron chi connectivity index (χ1n) is 8.95. The molecule has 27 heavy (non-hydrogen) atoms. The van der Waals surface area contributed by atoms with Crippen LogP contribution in [0.25, 0.3) is 0 Å². The van der Waals surface area contributed by atoms with E-state index in [9.17, 15) is 13.2 Å². The van der Waals surface area contributed by atoms with Crippen LogP contribution in [0.3, 0.4) is 0 Å². The molecule has 0 radical (unpaired) electrons. The van der Waals surface area contributed by atoms with E-state index in [1.54, 1.807) is 23.1 Å². The van der Waals surface area contributed by atoms with Gasteiger partial charge in [-0.05, 0) is 67.6 Å². The number of nitrogens with zero attached hydrogens (tertiary/aromatic N) is 1. The molecular weight excluding hydrogens is 428 g/mol. The van der Waals surface area contributed by atoms with Crippen molar-refractivity contribution in [2.75, 3.05) is 4.90 Å². The van der Waals surface area contributed by atoms with Crippen molar-refractivity contribution in [2.45, 2.75) is 49.6 Å². The molecular formula is C20H21BrN2O3S. The first-order valence-corrected chi connectivity index (χ1v) is 11.2. The van der Waals surface area contributed by atoms with E-state index in [1.165, 1.54) is 6.92 Å². The molecule has 1 unspecified atom stereocenters. The van der Waals surface area contributed by atoms with E-state index in [2.05, 4.69) is 20.7 Å². The van der Waals surface area contributed by atoms with E-state index in [4.69, 9.17) is 0 Å². The second kappa shape index (κ2) is 6.43. The first-order chi connectivity index (χ1) is 12.7. The van der Waals surface area contributed by atoms with Crippen molar-refractivity contribution in [3.05, 3.63) is 58.1 Å². The summed E-state index contributed by atoms with van der Waals surface area (Å²) in [6.45, 7) is 3.51. The number of nitrogens with one attached hydrogen (secondary N) is 1. The van der Waals surface area contributed by atoms with Gasteiger partial charge < -0.3 is 4.90 Å². The molecule has 1 atom stereocenters. The van der Waals surface area contributed by atoms with Crippen LogP contribution >= 0.6 is 15.9 Å². The minimum absolute atomic E-state index is 0.0258. The molecule has 7 heteroatoms. The standard InChI is InChI=1S/C20H21BrN2O3S/c1-13-11-15-12-18(7-8-19(15)23(13)14(2)24)27(25,26)22-20(9-10-20)16-3-5-17(21)6-4-16/h3-8,12-13,22H,9-11H2,1-2H3. The number of halogens is 1. The monoisotopic (exact) mass is 448 g/mol. The van der Waals surface area contributed by atoms with E-state index in [0.717, 1.165) is 34.1 Å². The first kappa shape index (κ1) is 18.7. The highest BCUT2D eigenvalue weighted by atomic mass is 79.9. The number of anilines is 1. The third-order valence-electron chi connectivity index (χ3n) is 5.39. The van der Waals surface area contributed by atoms with Gasteiger partial charge in [-0.15, -0.1) is 0 Å². The number of carbonyl (C=O) groups is 1. The van der Waals surface area contributed by atoms with Gasteiger partial charge in [-0.2, -0.15) is 0 Å². The van der Waals surface area contributed by atoms with Crippen LogP contribution < -0.4 is 9.62 Å². The number of hydrogen-bond donors (Lipinski definition) is 1. The van der Waals surface area contributed by atoms with Crippen LogP contribution in [0.1, 0.15) is 37.8 Å². The number of rotatable bonds is 4. The van der Waals surface area contributed by atoms with E-state index >= 15 is 0 Å². The molecule has 1 aliphatic heterocycles. The quantitative estimate of drug-likeness (QED) is 0.774. The van der Waals surface area contributed by atoms with Crippen molar-refractivity contribution < 1.29 is 13.2 Å². The average molecular weight is 449 g/mol. The Morgan fingerprint density at radius 2 is 1.85 bits per heavy atom. The Kier molecular flexibility index (Phi) is 4.44. The van der Waals surface area contributed by atoms with Crippen LogP contribution in [0.4, 0.5) is 5.69 Å². The van der Waals surface area contributed by atoms with Crippen molar-refractivity contribution in [1.82, 2.24) is 4.72 Å². The number of benzene rings is 2. The van der Waals surface area contributed by atoms with Crippen molar-refractivity contribution >= 4 is 37.5 Å². The molecule has 0 spiro atoms. The Labute approximate surface area is 167 Å². The van der Waals surface area contributed by atoms with Crippen molar-refractivity contribution in [1.29, 1.82) is 0 Å². The summed E-state index contributed by atoms with van der Waals surface area (Å²) >= 11 is 3.41. The molecule has 2 aromatic carbocycles. The van der Waals surface area contributed by atoms with Gasteiger partial charge in [0.25, 0.3) is 0 Å². The van der Waals surface area contributed by atoms with E-state index in [0.29, 0.717) is 6.42 Å². The van der Waals surface area contributed by atoms with Crippen LogP contribution in [0.2, 0.25) is 0 Å². The molecule has 2 aromatic rings. The number of carbonyl (C=O) groups excluding carboxylic acids is 1. The zero-order chi connectivity index (χ0) is 19.4. The predicted octanol–water partition coefficient (Wildman–Crippen LogP) is 3.71. The molecule has 5 nitrogen and oxygen atoms in total. The fourth-order valence-electron chi connectivity index (χ4n) is 3.91. The molecule has 1 N–H and O–H groups in total. The van der Waals surface area contributed by atoms with E-state index in [1.807, 2.05) is 31.2 Å². The zero-order valence-electron chi connectivity index (χ0n) is 15.2. The lowest BCUT2D eigenvalue weighted by Gasteiger charge is -2.21. The van der Waals surface area contributed by atoms with Gasteiger partial charge in [0.05, 0.1) is 10.4 Å². The van der Waals surface area contributed by atoms with E-state index in [-0.39, 0.29) is 16.8 Å². The maximum atomic E-state index is 13.0. The molecule has 1 heterocycles. The number of sulfonamides is 1. The third-order valence-corrected chi connectivity index (χ3v) is 7.46. The predicted molar refractivity (Wildman–Crippen MR) is 108 cm³/mol. The Morgan fingerprint density at radius 3 is 2.44 bits per heavy atom. The summed E-state index contributed by atoms with van der Waals surface area (Å²) in [5.74, 6) is -0.0258. The number of amides is 1. The summed E-state index contributed by atoms with van der Waals surface area (Å²) < 4.78 is 29.9. The van der Waals surface area contributed by atoms with Crippen LogP contribution in [0.5, 0.6) is 0 Å². The minimum Gasteiger partial charge on any atom is -0.309 e. The molecule has 0 saturated heterocycles. The highest BCUT2D eigenvalue weighted by molar-refractivity contribution is 9.10. The summed E-state index contributed by atoms with van der Waals surface area (Å²) in [4.78, 5) is 13.8. The molecule has 1 saturated carbocycles. The van der Waals surface area contributed by atoms with E-state index < -0.39 is 15.6 Å². The second-order valence-corrected chi connectivity index (χ2v) is 10.0. The highest BCUT2D eigenvalue weighted by Crippen LogP contribution is 2.47. The fraction of sp³-hybridized carbons (Fsp3) is 0.350. The Hall–Kier alpha value is -1.70. The maximum Gasteiger partial charge on any atom is 0.241 e. The van der Waals surface area contributed by atoms with Gasteiger partial charge >= 0.3 is 0 Å². The molecule has 1 fully saturated rings. The normalized spacial score (nSPS) is 20.4. The Bertz CT molecular complexity index is 1010. The smallest absolute Gasteiger partial charge is 0.241 e. The summed E-state index contributed by atoms with van der Waals surface area (Å²) in [6.07, 6.45) is 2.23. The highest BCUT2D eigenvalue weighted by Gasteiger charge is 2.47. The van der Waals surface area contributed by atoms with Crippen LogP contribution in [0.15, 0.2) is 51.8 Å². The Balaban J connectivity index is 1.63. The van der Waals surface area contributed by atoms with Gasteiger partial charge in [-0.25, -0.2) is 13.1 Å². The van der Waals surface area contributed by atoms with Gasteiger partial charge in [-0.1, -0.05) is 28.1 Å². The zero-order valence-corrected chi connectivity index (χ0v) is 17.6. The fourth-order valence-corrected chi connectivity index (χ4v) is 5.68. The van der Waals surface area contributed by atoms with Crippen molar-refractivity contribution in [2.24, 2.45) is 0 Å². The third kappa shape index (κ3) is 3.32.